The SMILES string of the molecule is CC(=O)Nc1ccc(N2C(=O)CC(N(Cc3cccnc3)S(=O)(=O)c3ccc(C)cc3)C2=O)cc1. The number of nitrogens with zero attached hydrogens (tertiary/aromatic N) is 3. The van der Waals surface area contributed by atoms with Crippen molar-refractivity contribution >= 4 is 39.1 Å². The number of anilines is 2. The van der Waals surface area contributed by atoms with Gasteiger partial charge in [-0.05, 0) is 55.0 Å². The third kappa shape index (κ3) is 5.13. The third-order valence-corrected chi connectivity index (χ3v) is 7.47. The van der Waals surface area contributed by atoms with Crippen molar-refractivity contribution in [3.8, 4) is 0 Å². The standard InChI is InChI=1S/C25H24N4O5S/c1-17-5-11-22(12-6-17)35(33,34)28(16-19-4-3-13-26-15-19)23-14-24(31)29(25(23)32)21-9-7-20(8-10-21)27-18(2)30/h3-13,15,23H,14,16H2,1-2H3,(H,27,30). The molecule has 4 rings (SSSR count). The van der Waals surface area contributed by atoms with Crippen LogP contribution in [0, 0.1) is 6.92 Å². The largest absolute Gasteiger partial charge is 0.326 e. The molecule has 1 atom stereocenters. The molecule has 3 amide bonds. The van der Waals surface area contributed by atoms with Crippen molar-refractivity contribution in [1.82, 2.24) is 9.29 Å². The maximum Gasteiger partial charge on any atom is 0.252 e. The summed E-state index contributed by atoms with van der Waals surface area (Å²) in [6, 6.07) is 14.7. The van der Waals surface area contributed by atoms with Crippen LogP contribution in [-0.2, 0) is 31.0 Å². The summed E-state index contributed by atoms with van der Waals surface area (Å²) < 4.78 is 28.4. The molecular formula is C25H24N4O5S. The summed E-state index contributed by atoms with van der Waals surface area (Å²) in [5, 5.41) is 2.62. The molecule has 1 N–H and O–H groups in total. The Morgan fingerprint density at radius 3 is 2.37 bits per heavy atom. The van der Waals surface area contributed by atoms with Gasteiger partial charge in [0, 0.05) is 31.5 Å². The first-order valence-electron chi connectivity index (χ1n) is 10.9. The van der Waals surface area contributed by atoms with E-state index < -0.39 is 27.9 Å². The zero-order valence-electron chi connectivity index (χ0n) is 19.2. The van der Waals surface area contributed by atoms with E-state index >= 15 is 0 Å². The number of rotatable bonds is 7. The Labute approximate surface area is 203 Å². The summed E-state index contributed by atoms with van der Waals surface area (Å²) in [5.41, 5.74) is 2.29. The molecule has 0 bridgehead atoms. The van der Waals surface area contributed by atoms with E-state index in [1.165, 1.54) is 37.4 Å². The number of sulfonamides is 1. The smallest absolute Gasteiger partial charge is 0.252 e. The Morgan fingerprint density at radius 1 is 1.09 bits per heavy atom. The molecule has 1 saturated heterocycles. The van der Waals surface area contributed by atoms with E-state index in [4.69, 9.17) is 0 Å². The highest BCUT2D eigenvalue weighted by atomic mass is 32.2. The van der Waals surface area contributed by atoms with Gasteiger partial charge in [-0.3, -0.25) is 19.4 Å². The van der Waals surface area contributed by atoms with Crippen LogP contribution in [0.3, 0.4) is 0 Å². The van der Waals surface area contributed by atoms with E-state index in [9.17, 15) is 22.8 Å². The van der Waals surface area contributed by atoms with Crippen LogP contribution in [0.4, 0.5) is 11.4 Å². The Balaban J connectivity index is 1.69. The first kappa shape index (κ1) is 24.2. The van der Waals surface area contributed by atoms with Crippen LogP contribution in [-0.4, -0.2) is 41.5 Å². The number of amides is 3. The second-order valence-corrected chi connectivity index (χ2v) is 10.1. The number of hydrogen-bond donors (Lipinski definition) is 1. The molecule has 35 heavy (non-hydrogen) atoms. The zero-order chi connectivity index (χ0) is 25.2. The third-order valence-electron chi connectivity index (χ3n) is 5.61. The van der Waals surface area contributed by atoms with Gasteiger partial charge < -0.3 is 5.32 Å². The second kappa shape index (κ2) is 9.77. The number of carbonyl (C=O) groups excluding carboxylic acids is 3. The minimum Gasteiger partial charge on any atom is -0.326 e. The topological polar surface area (TPSA) is 117 Å². The molecule has 10 heteroatoms. The molecule has 0 radical (unpaired) electrons. The number of benzene rings is 2. The molecule has 0 spiro atoms. The first-order chi connectivity index (χ1) is 16.7. The number of pyridine rings is 1. The van der Waals surface area contributed by atoms with E-state index in [1.807, 2.05) is 6.92 Å². The number of carbonyl (C=O) groups is 3. The maximum atomic E-state index is 13.7. The van der Waals surface area contributed by atoms with Gasteiger partial charge in [0.15, 0.2) is 0 Å². The minimum absolute atomic E-state index is 0.0327. The second-order valence-electron chi connectivity index (χ2n) is 8.24. The summed E-state index contributed by atoms with van der Waals surface area (Å²) in [4.78, 5) is 42.7. The summed E-state index contributed by atoms with van der Waals surface area (Å²) >= 11 is 0. The van der Waals surface area contributed by atoms with E-state index in [-0.39, 0.29) is 23.8 Å². The number of nitrogens with one attached hydrogen (secondary N) is 1. The van der Waals surface area contributed by atoms with Crippen molar-refractivity contribution in [3.05, 3.63) is 84.2 Å². The van der Waals surface area contributed by atoms with Crippen LogP contribution in [0.15, 0.2) is 78.0 Å². The van der Waals surface area contributed by atoms with Crippen LogP contribution in [0.25, 0.3) is 0 Å². The molecule has 0 saturated carbocycles. The van der Waals surface area contributed by atoms with E-state index in [0.717, 1.165) is 14.8 Å². The van der Waals surface area contributed by atoms with Gasteiger partial charge in [0.25, 0.3) is 5.91 Å². The van der Waals surface area contributed by atoms with Crippen molar-refractivity contribution in [2.24, 2.45) is 0 Å². The van der Waals surface area contributed by atoms with Gasteiger partial charge in [-0.15, -0.1) is 0 Å². The summed E-state index contributed by atoms with van der Waals surface area (Å²) in [7, 11) is -4.12. The fraction of sp³-hybridized carbons (Fsp3) is 0.200. The lowest BCUT2D eigenvalue weighted by atomic mass is 10.2. The molecule has 180 valence electrons. The molecule has 0 aliphatic carbocycles. The highest BCUT2D eigenvalue weighted by Crippen LogP contribution is 2.31. The Bertz CT molecular complexity index is 1360. The van der Waals surface area contributed by atoms with Gasteiger partial charge in [0.2, 0.25) is 21.8 Å². The zero-order valence-corrected chi connectivity index (χ0v) is 20.0. The average molecular weight is 493 g/mol. The lowest BCUT2D eigenvalue weighted by molar-refractivity contribution is -0.122. The lowest BCUT2D eigenvalue weighted by Gasteiger charge is -2.27. The first-order valence-corrected chi connectivity index (χ1v) is 12.3. The highest BCUT2D eigenvalue weighted by molar-refractivity contribution is 7.89. The van der Waals surface area contributed by atoms with Gasteiger partial charge in [-0.1, -0.05) is 23.8 Å². The molecule has 1 fully saturated rings. The van der Waals surface area contributed by atoms with Gasteiger partial charge in [0.1, 0.15) is 6.04 Å². The van der Waals surface area contributed by atoms with Crippen molar-refractivity contribution in [2.75, 3.05) is 10.2 Å². The average Bonchev–Trinajstić information content (AvgIpc) is 3.12. The Kier molecular flexibility index (Phi) is 6.77. The summed E-state index contributed by atoms with van der Waals surface area (Å²) in [5.74, 6) is -1.40. The van der Waals surface area contributed by atoms with Gasteiger partial charge >= 0.3 is 0 Å². The van der Waals surface area contributed by atoms with Crippen molar-refractivity contribution in [3.63, 3.8) is 0 Å². The molecule has 2 heterocycles. The van der Waals surface area contributed by atoms with Crippen molar-refractivity contribution in [2.45, 2.75) is 37.8 Å². The molecule has 3 aromatic rings. The van der Waals surface area contributed by atoms with Crippen LogP contribution in [0.1, 0.15) is 24.5 Å². The number of hydrogen-bond acceptors (Lipinski definition) is 6. The number of aryl methyl sites for hydroxylation is 1. The van der Waals surface area contributed by atoms with Crippen LogP contribution in [0.5, 0.6) is 0 Å². The molecule has 1 unspecified atom stereocenters. The lowest BCUT2D eigenvalue weighted by Crippen LogP contribution is -2.45. The predicted molar refractivity (Wildman–Crippen MR) is 130 cm³/mol. The number of imide groups is 1. The monoisotopic (exact) mass is 492 g/mol. The fourth-order valence-electron chi connectivity index (χ4n) is 3.89. The van der Waals surface area contributed by atoms with Crippen LogP contribution in [0.2, 0.25) is 0 Å². The Morgan fingerprint density at radius 2 is 1.77 bits per heavy atom. The van der Waals surface area contributed by atoms with Gasteiger partial charge in [-0.2, -0.15) is 4.31 Å². The van der Waals surface area contributed by atoms with E-state index in [2.05, 4.69) is 10.3 Å². The Hall–Kier alpha value is -3.89. The van der Waals surface area contributed by atoms with Gasteiger partial charge in [0.05, 0.1) is 17.0 Å². The minimum atomic E-state index is -4.12. The van der Waals surface area contributed by atoms with Crippen molar-refractivity contribution in [1.29, 1.82) is 0 Å². The van der Waals surface area contributed by atoms with Crippen LogP contribution >= 0.6 is 0 Å². The highest BCUT2D eigenvalue weighted by Gasteiger charge is 2.47. The van der Waals surface area contributed by atoms with Crippen LogP contribution < -0.4 is 10.2 Å². The van der Waals surface area contributed by atoms with E-state index in [1.54, 1.807) is 42.6 Å². The molecule has 1 aliphatic rings. The molecule has 1 aromatic heterocycles. The van der Waals surface area contributed by atoms with Crippen molar-refractivity contribution < 1.29 is 22.8 Å². The maximum absolute atomic E-state index is 13.7. The molecule has 2 aromatic carbocycles. The predicted octanol–water partition coefficient (Wildman–Crippen LogP) is 2.87. The molecule has 9 nitrogen and oxygen atoms in total. The number of aromatic nitrogens is 1. The molecule has 1 aliphatic heterocycles. The van der Waals surface area contributed by atoms with Gasteiger partial charge in [-0.25, -0.2) is 13.3 Å². The summed E-state index contributed by atoms with van der Waals surface area (Å²) in [6.45, 7) is 3.10. The summed E-state index contributed by atoms with van der Waals surface area (Å²) in [6.07, 6.45) is 2.80. The quantitative estimate of drug-likeness (QED) is 0.507. The normalized spacial score (nSPS) is 16.1. The van der Waals surface area contributed by atoms with E-state index in [0.29, 0.717) is 16.9 Å². The fourth-order valence-corrected chi connectivity index (χ4v) is 5.46. The molecular weight excluding hydrogens is 468 g/mol.